The van der Waals surface area contributed by atoms with Crippen LogP contribution in [0.15, 0.2) is 0 Å². The van der Waals surface area contributed by atoms with Crippen LogP contribution in [0, 0.1) is 29.6 Å². The summed E-state index contributed by atoms with van der Waals surface area (Å²) in [7, 11) is 5.12. The Kier molecular flexibility index (Phi) is 14.7. The van der Waals surface area contributed by atoms with E-state index in [2.05, 4.69) is 0 Å². The van der Waals surface area contributed by atoms with Crippen molar-refractivity contribution in [3.05, 3.63) is 0 Å². The number of esters is 1. The molecule has 298 valence electrons. The molecule has 0 bridgehead atoms. The topological polar surface area (TPSA) is 205 Å². The maximum absolute atomic E-state index is 14.1. The van der Waals surface area contributed by atoms with Gasteiger partial charge in [0.05, 0.1) is 41.5 Å². The Morgan fingerprint density at radius 3 is 2.06 bits per heavy atom. The Morgan fingerprint density at radius 1 is 0.902 bits per heavy atom. The monoisotopic (exact) mass is 733 g/mol. The number of methoxy groups -OCH3 is 1. The van der Waals surface area contributed by atoms with E-state index in [1.165, 1.54) is 27.9 Å². The van der Waals surface area contributed by atoms with Gasteiger partial charge in [0.15, 0.2) is 12.6 Å². The first-order valence-corrected chi connectivity index (χ1v) is 18.5. The number of aliphatic hydroxyl groups is 6. The summed E-state index contributed by atoms with van der Waals surface area (Å²) < 4.78 is 30.2. The summed E-state index contributed by atoms with van der Waals surface area (Å²) in [5.41, 5.74) is -4.93. The molecule has 3 aliphatic heterocycles. The molecular weight excluding hydrogens is 666 g/mol. The molecule has 0 spiro atoms. The molecule has 0 unspecified atom stereocenters. The molecule has 0 aromatic carbocycles. The van der Waals surface area contributed by atoms with Crippen LogP contribution < -0.4 is 0 Å². The quantitative estimate of drug-likeness (QED) is 0.205. The van der Waals surface area contributed by atoms with Crippen LogP contribution in [0.2, 0.25) is 0 Å². The fourth-order valence-electron chi connectivity index (χ4n) is 8.75. The van der Waals surface area contributed by atoms with Gasteiger partial charge < -0.3 is 59.2 Å². The number of cyclic esters (lactones) is 1. The molecule has 3 fully saturated rings. The van der Waals surface area contributed by atoms with Gasteiger partial charge in [-0.05, 0) is 79.3 Å². The Bertz CT molecular complexity index is 1170. The first-order chi connectivity index (χ1) is 23.4. The lowest BCUT2D eigenvalue weighted by atomic mass is 9.69. The van der Waals surface area contributed by atoms with E-state index in [1.807, 2.05) is 25.9 Å². The van der Waals surface area contributed by atoms with Crippen LogP contribution in [-0.4, -0.2) is 147 Å². The fraction of sp³-hybridized carbons (Fsp3) is 0.946. The van der Waals surface area contributed by atoms with Crippen molar-refractivity contribution in [1.29, 1.82) is 0 Å². The van der Waals surface area contributed by atoms with Crippen molar-refractivity contribution in [2.75, 3.05) is 21.2 Å². The molecule has 51 heavy (non-hydrogen) atoms. The highest BCUT2D eigenvalue weighted by Crippen LogP contribution is 2.43. The normalized spacial score (nSPS) is 49.7. The van der Waals surface area contributed by atoms with Gasteiger partial charge in [-0.3, -0.25) is 9.59 Å². The molecule has 0 amide bonds. The lowest BCUT2D eigenvalue weighted by Crippen LogP contribution is -2.60. The summed E-state index contributed by atoms with van der Waals surface area (Å²) in [6, 6.07) is -0.320. The van der Waals surface area contributed by atoms with Crippen LogP contribution in [0.4, 0.5) is 0 Å². The zero-order valence-corrected chi connectivity index (χ0v) is 32.7. The minimum absolute atomic E-state index is 0.113. The number of aliphatic hydroxyl groups excluding tert-OH is 4. The third-order valence-corrected chi connectivity index (χ3v) is 12.2. The van der Waals surface area contributed by atoms with Gasteiger partial charge >= 0.3 is 5.97 Å². The molecule has 3 heterocycles. The summed E-state index contributed by atoms with van der Waals surface area (Å²) in [4.78, 5) is 29.8. The lowest BCUT2D eigenvalue weighted by molar-refractivity contribution is -0.300. The number of nitrogens with zero attached hydrogens (tertiary/aromatic N) is 1. The molecule has 0 aliphatic carbocycles. The minimum atomic E-state index is -1.99. The minimum Gasteiger partial charge on any atom is -0.459 e. The van der Waals surface area contributed by atoms with Crippen LogP contribution in [0.5, 0.6) is 0 Å². The predicted octanol–water partition coefficient (Wildman–Crippen LogP) is 1.38. The number of ether oxygens (including phenoxy) is 5. The molecule has 0 radical (unpaired) electrons. The average Bonchev–Trinajstić information content (AvgIpc) is 3.05. The largest absolute Gasteiger partial charge is 0.459 e. The number of ketones is 1. The van der Waals surface area contributed by atoms with E-state index < -0.39 is 107 Å². The van der Waals surface area contributed by atoms with Gasteiger partial charge in [0, 0.05) is 31.4 Å². The summed E-state index contributed by atoms with van der Waals surface area (Å²) in [6.45, 7) is 14.7. The number of hydrogen-bond donors (Lipinski definition) is 6. The summed E-state index contributed by atoms with van der Waals surface area (Å²) in [5.74, 6) is -5.32. The highest BCUT2D eigenvalue weighted by Gasteiger charge is 2.53. The maximum atomic E-state index is 14.1. The maximum Gasteiger partial charge on any atom is 0.309 e. The smallest absolute Gasteiger partial charge is 0.309 e. The van der Waals surface area contributed by atoms with Gasteiger partial charge in [0.2, 0.25) is 0 Å². The van der Waals surface area contributed by atoms with Gasteiger partial charge in [0.25, 0.3) is 0 Å². The Morgan fingerprint density at radius 2 is 1.51 bits per heavy atom. The molecule has 0 aromatic heterocycles. The van der Waals surface area contributed by atoms with Crippen molar-refractivity contribution in [2.45, 2.75) is 173 Å². The molecule has 3 saturated heterocycles. The van der Waals surface area contributed by atoms with Gasteiger partial charge in [0.1, 0.15) is 29.7 Å². The number of Topliss-reactive ketones (excluding diaryl/α,β-unsaturated/α-hetero) is 1. The third kappa shape index (κ3) is 9.51. The van der Waals surface area contributed by atoms with Crippen LogP contribution in [0.1, 0.15) is 94.4 Å². The number of carbonyl (C=O) groups excluding carboxylic acids is 2. The molecule has 0 aromatic rings. The van der Waals surface area contributed by atoms with Gasteiger partial charge in [-0.1, -0.05) is 34.6 Å². The van der Waals surface area contributed by atoms with Crippen LogP contribution in [-0.2, 0) is 33.3 Å². The van der Waals surface area contributed by atoms with E-state index in [1.54, 1.807) is 34.6 Å². The van der Waals surface area contributed by atoms with Crippen molar-refractivity contribution in [3.63, 3.8) is 0 Å². The van der Waals surface area contributed by atoms with E-state index in [4.69, 9.17) is 23.7 Å². The number of hydrogen-bond acceptors (Lipinski definition) is 14. The zero-order valence-electron chi connectivity index (χ0n) is 32.7. The molecule has 3 aliphatic rings. The molecule has 3 rings (SSSR count). The summed E-state index contributed by atoms with van der Waals surface area (Å²) in [6.07, 6.45) is -9.30. The van der Waals surface area contributed by atoms with E-state index in [-0.39, 0.29) is 37.8 Å². The molecule has 14 heteroatoms. The first kappa shape index (κ1) is 44.1. The molecule has 14 nitrogen and oxygen atoms in total. The molecular formula is C37H67NO13. The number of carbonyl (C=O) groups is 2. The molecule has 18 atom stereocenters. The SMILES string of the molecule is CC[C@H]1OC(=O)[C@H](C)[C@@H](C[C@H]2C[C@@](C)(OC)[C@@H](O)[C@H](O)O2)[C@H](C)[C@@H](O[C@@H]2O[C@H](C)C[C@H](N(C)C)[C@H]2O)[C@](C)(O)C[C@@H](C)C(=O)[C@H](C)[C@@H](O)[C@]1(C)O. The molecule has 0 saturated carbocycles. The van der Waals surface area contributed by atoms with Gasteiger partial charge in [-0.15, -0.1) is 0 Å². The van der Waals surface area contributed by atoms with Crippen LogP contribution in [0.25, 0.3) is 0 Å². The second-order valence-corrected chi connectivity index (χ2v) is 16.6. The second kappa shape index (κ2) is 17.0. The Balaban J connectivity index is 2.18. The highest BCUT2D eigenvalue weighted by atomic mass is 16.7. The summed E-state index contributed by atoms with van der Waals surface area (Å²) >= 11 is 0. The van der Waals surface area contributed by atoms with Gasteiger partial charge in [-0.2, -0.15) is 0 Å². The van der Waals surface area contributed by atoms with E-state index >= 15 is 0 Å². The van der Waals surface area contributed by atoms with Crippen LogP contribution in [0.3, 0.4) is 0 Å². The average molecular weight is 734 g/mol. The van der Waals surface area contributed by atoms with E-state index in [9.17, 15) is 40.2 Å². The standard InChI is InChI=1S/C37H67NO13/c1-13-26-37(9,46)29(41)22(6)27(39)18(2)16-35(7,45)31(51-34-28(40)25(38(10)11)14-19(3)48-34)20(4)24(21(5)32(43)50-26)15-23-17-36(8,47-12)30(42)33(44)49-23/h18-26,28-31,33-34,40-42,44-46H,13-17H2,1-12H3/t18-,19-,20+,21-,22+,23+,24+,25+,26-,28-,29-,30+,31-,33-,34+,35-,36-,37-/m1/s1. The first-order valence-electron chi connectivity index (χ1n) is 18.5. The number of likely N-dealkylation sites (N-methyl/N-ethyl adjacent to an activating group) is 1. The number of rotatable bonds is 7. The highest BCUT2D eigenvalue weighted by molar-refractivity contribution is 5.83. The fourth-order valence-corrected chi connectivity index (χ4v) is 8.75. The third-order valence-electron chi connectivity index (χ3n) is 12.2. The molecule has 6 N–H and O–H groups in total. The predicted molar refractivity (Wildman–Crippen MR) is 186 cm³/mol. The second-order valence-electron chi connectivity index (χ2n) is 16.6. The van der Waals surface area contributed by atoms with Crippen molar-refractivity contribution in [1.82, 2.24) is 4.90 Å². The van der Waals surface area contributed by atoms with Crippen molar-refractivity contribution in [3.8, 4) is 0 Å². The lowest BCUT2D eigenvalue weighted by Gasteiger charge is -2.49. The Hall–Kier alpha value is -1.30. The van der Waals surface area contributed by atoms with Crippen molar-refractivity contribution < 1.29 is 63.9 Å². The Labute approximate surface area is 303 Å². The van der Waals surface area contributed by atoms with E-state index in [0.29, 0.717) is 6.42 Å². The van der Waals surface area contributed by atoms with E-state index in [0.717, 1.165) is 0 Å². The van der Waals surface area contributed by atoms with Crippen molar-refractivity contribution >= 4 is 11.8 Å². The van der Waals surface area contributed by atoms with Crippen LogP contribution >= 0.6 is 0 Å². The zero-order chi connectivity index (χ0) is 39.0. The van der Waals surface area contributed by atoms with Crippen molar-refractivity contribution in [2.24, 2.45) is 29.6 Å². The van der Waals surface area contributed by atoms with Gasteiger partial charge in [-0.25, -0.2) is 0 Å². The summed E-state index contributed by atoms with van der Waals surface area (Å²) in [5, 5.41) is 68.1.